The van der Waals surface area contributed by atoms with Crippen molar-refractivity contribution in [3.8, 4) is 0 Å². The van der Waals surface area contributed by atoms with Crippen molar-refractivity contribution >= 4 is 5.78 Å². The summed E-state index contributed by atoms with van der Waals surface area (Å²) in [5.41, 5.74) is 0. The van der Waals surface area contributed by atoms with Gasteiger partial charge in [-0.15, -0.1) is 0 Å². The molecule has 2 rings (SSSR count). The van der Waals surface area contributed by atoms with Crippen molar-refractivity contribution in [3.05, 3.63) is 0 Å². The summed E-state index contributed by atoms with van der Waals surface area (Å²) in [4.78, 5) is 13.3. The third-order valence-electron chi connectivity index (χ3n) is 2.52. The van der Waals surface area contributed by atoms with E-state index in [0.29, 0.717) is 11.7 Å². The summed E-state index contributed by atoms with van der Waals surface area (Å²) < 4.78 is 0. The van der Waals surface area contributed by atoms with E-state index in [4.69, 9.17) is 0 Å². The first-order valence-corrected chi connectivity index (χ1v) is 4.08. The fourth-order valence-corrected chi connectivity index (χ4v) is 2.10. The first-order valence-electron chi connectivity index (χ1n) is 4.08. The van der Waals surface area contributed by atoms with Crippen molar-refractivity contribution in [3.63, 3.8) is 0 Å². The van der Waals surface area contributed by atoms with Crippen molar-refractivity contribution in [1.29, 1.82) is 0 Å². The third kappa shape index (κ3) is 1.08. The van der Waals surface area contributed by atoms with E-state index < -0.39 is 0 Å². The highest BCUT2D eigenvalue weighted by molar-refractivity contribution is 5.81. The molecule has 0 aromatic heterocycles. The van der Waals surface area contributed by atoms with E-state index in [-0.39, 0.29) is 0 Å². The number of carbonyl (C=O) groups excluding carboxylic acids is 1. The SMILES string of the molecule is O=C1C[C@@H]2CCCN(C1)C2. The Kier molecular flexibility index (Phi) is 1.49. The lowest BCUT2D eigenvalue weighted by Crippen LogP contribution is -2.44. The zero-order chi connectivity index (χ0) is 6.97. The number of ketones is 1. The Morgan fingerprint density at radius 1 is 1.50 bits per heavy atom. The molecule has 2 aliphatic rings. The van der Waals surface area contributed by atoms with Gasteiger partial charge in [0, 0.05) is 13.0 Å². The van der Waals surface area contributed by atoms with Crippen molar-refractivity contribution in [2.75, 3.05) is 19.6 Å². The first-order chi connectivity index (χ1) is 4.84. The predicted octanol–water partition coefficient (Wildman–Crippen LogP) is 0.671. The molecule has 0 spiro atoms. The van der Waals surface area contributed by atoms with Crippen LogP contribution in [0.1, 0.15) is 19.3 Å². The van der Waals surface area contributed by atoms with Gasteiger partial charge >= 0.3 is 0 Å². The predicted molar refractivity (Wildman–Crippen MR) is 38.8 cm³/mol. The van der Waals surface area contributed by atoms with E-state index in [0.717, 1.165) is 19.5 Å². The van der Waals surface area contributed by atoms with Gasteiger partial charge in [0.15, 0.2) is 0 Å². The Morgan fingerprint density at radius 3 is 3.20 bits per heavy atom. The van der Waals surface area contributed by atoms with E-state index in [9.17, 15) is 4.79 Å². The summed E-state index contributed by atoms with van der Waals surface area (Å²) in [6.45, 7) is 3.07. The van der Waals surface area contributed by atoms with Gasteiger partial charge < -0.3 is 0 Å². The van der Waals surface area contributed by atoms with Crippen molar-refractivity contribution in [1.82, 2.24) is 4.90 Å². The summed E-state index contributed by atoms with van der Waals surface area (Å²) >= 11 is 0. The van der Waals surface area contributed by atoms with Crippen LogP contribution in [0.4, 0.5) is 0 Å². The third-order valence-corrected chi connectivity index (χ3v) is 2.52. The fraction of sp³-hybridized carbons (Fsp3) is 0.875. The monoisotopic (exact) mass is 139 g/mol. The summed E-state index contributed by atoms with van der Waals surface area (Å²) in [5.74, 6) is 1.16. The van der Waals surface area contributed by atoms with Gasteiger partial charge in [-0.2, -0.15) is 0 Å². The van der Waals surface area contributed by atoms with Gasteiger partial charge in [-0.3, -0.25) is 9.69 Å². The number of rotatable bonds is 0. The minimum Gasteiger partial charge on any atom is -0.298 e. The van der Waals surface area contributed by atoms with Crippen molar-refractivity contribution < 1.29 is 4.79 Å². The lowest BCUT2D eigenvalue weighted by atomic mass is 9.89. The van der Waals surface area contributed by atoms with Crippen LogP contribution in [0, 0.1) is 5.92 Å². The van der Waals surface area contributed by atoms with E-state index in [1.807, 2.05) is 0 Å². The molecule has 0 amide bonds. The van der Waals surface area contributed by atoms with Crippen LogP contribution in [0.2, 0.25) is 0 Å². The quantitative estimate of drug-likeness (QED) is 0.491. The number of hydrogen-bond donors (Lipinski definition) is 0. The van der Waals surface area contributed by atoms with Crippen LogP contribution in [0.25, 0.3) is 0 Å². The molecule has 2 fully saturated rings. The van der Waals surface area contributed by atoms with Crippen LogP contribution >= 0.6 is 0 Å². The number of hydrogen-bond acceptors (Lipinski definition) is 2. The van der Waals surface area contributed by atoms with Crippen LogP contribution in [0.3, 0.4) is 0 Å². The second-order valence-electron chi connectivity index (χ2n) is 3.49. The van der Waals surface area contributed by atoms with Crippen LogP contribution in [0.5, 0.6) is 0 Å². The summed E-state index contributed by atoms with van der Waals surface area (Å²) in [7, 11) is 0. The molecule has 1 unspecified atom stereocenters. The molecule has 2 bridgehead atoms. The van der Waals surface area contributed by atoms with Gasteiger partial charge in [-0.05, 0) is 25.3 Å². The van der Waals surface area contributed by atoms with Gasteiger partial charge in [0.2, 0.25) is 0 Å². The molecule has 0 aliphatic carbocycles. The molecule has 0 N–H and O–H groups in total. The Bertz CT molecular complexity index is 141. The molecular weight excluding hydrogens is 126 g/mol. The molecule has 2 heterocycles. The molecule has 2 nitrogen and oxygen atoms in total. The number of piperidine rings is 2. The zero-order valence-electron chi connectivity index (χ0n) is 6.18. The average molecular weight is 139 g/mol. The summed E-state index contributed by atoms with van der Waals surface area (Å²) in [6, 6.07) is 0. The zero-order valence-corrected chi connectivity index (χ0v) is 6.18. The Morgan fingerprint density at radius 2 is 2.40 bits per heavy atom. The Labute approximate surface area is 61.2 Å². The molecule has 2 saturated heterocycles. The van der Waals surface area contributed by atoms with Gasteiger partial charge in [0.25, 0.3) is 0 Å². The van der Waals surface area contributed by atoms with Crippen LogP contribution in [0.15, 0.2) is 0 Å². The van der Waals surface area contributed by atoms with E-state index in [1.165, 1.54) is 19.4 Å². The fourth-order valence-electron chi connectivity index (χ4n) is 2.10. The van der Waals surface area contributed by atoms with Gasteiger partial charge in [-0.25, -0.2) is 0 Å². The molecule has 2 heteroatoms. The summed E-state index contributed by atoms with van der Waals surface area (Å²) in [5, 5.41) is 0. The van der Waals surface area contributed by atoms with Crippen LogP contribution in [-0.4, -0.2) is 30.3 Å². The van der Waals surface area contributed by atoms with E-state index in [1.54, 1.807) is 0 Å². The second kappa shape index (κ2) is 2.35. The number of Topliss-reactive ketones (excluding diaryl/α,β-unsaturated/α-hetero) is 1. The Balaban J connectivity index is 2.05. The smallest absolute Gasteiger partial charge is 0.147 e. The van der Waals surface area contributed by atoms with E-state index in [2.05, 4.69) is 4.90 Å². The second-order valence-corrected chi connectivity index (χ2v) is 3.49. The molecule has 0 saturated carbocycles. The van der Waals surface area contributed by atoms with Gasteiger partial charge in [-0.1, -0.05) is 0 Å². The topological polar surface area (TPSA) is 20.3 Å². The van der Waals surface area contributed by atoms with Crippen molar-refractivity contribution in [2.45, 2.75) is 19.3 Å². The normalized spacial score (nSPS) is 39.8. The van der Waals surface area contributed by atoms with Crippen LogP contribution in [-0.2, 0) is 4.79 Å². The Hall–Kier alpha value is -0.370. The summed E-state index contributed by atoms with van der Waals surface area (Å²) in [6.07, 6.45) is 3.44. The highest BCUT2D eigenvalue weighted by Crippen LogP contribution is 2.23. The largest absolute Gasteiger partial charge is 0.298 e. The average Bonchev–Trinajstić information content (AvgIpc) is 1.85. The minimum absolute atomic E-state index is 0.455. The molecule has 56 valence electrons. The standard InChI is InChI=1S/C8H13NO/c10-8-4-7-2-1-3-9(5-7)6-8/h7H,1-6H2/t7-/m0/s1. The maximum atomic E-state index is 11.0. The highest BCUT2D eigenvalue weighted by atomic mass is 16.1. The molecular formula is C8H13NO. The molecule has 2 atom stereocenters. The molecule has 10 heavy (non-hydrogen) atoms. The van der Waals surface area contributed by atoms with Gasteiger partial charge in [0.1, 0.15) is 5.78 Å². The molecule has 0 aromatic carbocycles. The van der Waals surface area contributed by atoms with Crippen molar-refractivity contribution in [2.24, 2.45) is 5.92 Å². The number of fused-ring (bicyclic) bond motifs is 2. The number of nitrogens with zero attached hydrogens (tertiary/aromatic N) is 1. The number of carbonyl (C=O) groups is 1. The maximum Gasteiger partial charge on any atom is 0.147 e. The molecule has 2 aliphatic heterocycles. The lowest BCUT2D eigenvalue weighted by molar-refractivity contribution is -0.125. The van der Waals surface area contributed by atoms with Gasteiger partial charge in [0.05, 0.1) is 6.54 Å². The minimum atomic E-state index is 0.455. The molecule has 0 aromatic rings. The van der Waals surface area contributed by atoms with Crippen LogP contribution < -0.4 is 0 Å². The first kappa shape index (κ1) is 6.35. The lowest BCUT2D eigenvalue weighted by Gasteiger charge is -2.36. The maximum absolute atomic E-state index is 11.0. The molecule has 0 radical (unpaired) electrons. The van der Waals surface area contributed by atoms with E-state index >= 15 is 0 Å². The highest BCUT2D eigenvalue weighted by Gasteiger charge is 2.28.